The number of carbonyl (C=O) groups is 1. The van der Waals surface area contributed by atoms with Crippen molar-refractivity contribution in [2.75, 3.05) is 13.1 Å². The highest BCUT2D eigenvalue weighted by atomic mass is 19.4. The molecule has 1 aromatic carbocycles. The Labute approximate surface area is 145 Å². The van der Waals surface area contributed by atoms with Gasteiger partial charge in [-0.1, -0.05) is 31.5 Å². The van der Waals surface area contributed by atoms with Crippen LogP contribution in [0.2, 0.25) is 0 Å². The Hall–Kier alpha value is -2.31. The van der Waals surface area contributed by atoms with E-state index in [0.717, 1.165) is 16.4 Å². The van der Waals surface area contributed by atoms with Crippen LogP contribution in [0.3, 0.4) is 0 Å². The van der Waals surface area contributed by atoms with Gasteiger partial charge >= 0.3 is 6.18 Å². The monoisotopic (exact) mass is 353 g/mol. The van der Waals surface area contributed by atoms with Crippen LogP contribution in [-0.2, 0) is 6.18 Å². The fourth-order valence-electron chi connectivity index (χ4n) is 2.63. The predicted octanol–water partition coefficient (Wildman–Crippen LogP) is 4.32. The van der Waals surface area contributed by atoms with E-state index >= 15 is 0 Å². The standard InChI is InChI=1S/C18H22F3N3O/c1-5-23(11-12(2)3)17(25)15-10-22-24(16(15)18(19,20)21)14-8-6-13(4)7-9-14/h6-10,12H,5,11H2,1-4H3. The summed E-state index contributed by atoms with van der Waals surface area (Å²) in [6.45, 7) is 8.15. The van der Waals surface area contributed by atoms with Crippen molar-refractivity contribution in [1.29, 1.82) is 0 Å². The lowest BCUT2D eigenvalue weighted by molar-refractivity contribution is -0.143. The van der Waals surface area contributed by atoms with Crippen LogP contribution in [0.1, 0.15) is 42.4 Å². The number of carbonyl (C=O) groups excluding carboxylic acids is 1. The molecule has 0 bridgehead atoms. The minimum atomic E-state index is -4.69. The van der Waals surface area contributed by atoms with Crippen LogP contribution in [-0.4, -0.2) is 33.7 Å². The van der Waals surface area contributed by atoms with Gasteiger partial charge in [-0.05, 0) is 31.9 Å². The van der Waals surface area contributed by atoms with E-state index in [1.807, 2.05) is 20.8 Å². The molecule has 0 N–H and O–H groups in total. The zero-order chi connectivity index (χ0) is 18.8. The summed E-state index contributed by atoms with van der Waals surface area (Å²) in [5.41, 5.74) is -0.266. The molecule has 4 nitrogen and oxygen atoms in total. The molecule has 136 valence electrons. The van der Waals surface area contributed by atoms with Crippen molar-refractivity contribution in [3.8, 4) is 5.69 Å². The van der Waals surface area contributed by atoms with Crippen LogP contribution in [0.15, 0.2) is 30.5 Å². The van der Waals surface area contributed by atoms with Crippen molar-refractivity contribution in [2.45, 2.75) is 33.9 Å². The van der Waals surface area contributed by atoms with Gasteiger partial charge in [-0.2, -0.15) is 18.3 Å². The summed E-state index contributed by atoms with van der Waals surface area (Å²) in [5, 5.41) is 3.85. The van der Waals surface area contributed by atoms with Crippen molar-refractivity contribution >= 4 is 5.91 Å². The zero-order valence-electron chi connectivity index (χ0n) is 14.8. The molecular weight excluding hydrogens is 331 g/mol. The molecule has 0 saturated carbocycles. The van der Waals surface area contributed by atoms with E-state index in [0.29, 0.717) is 13.1 Å². The number of benzene rings is 1. The van der Waals surface area contributed by atoms with E-state index in [2.05, 4.69) is 5.10 Å². The van der Waals surface area contributed by atoms with E-state index in [1.165, 1.54) is 4.90 Å². The van der Waals surface area contributed by atoms with Gasteiger partial charge in [-0.25, -0.2) is 4.68 Å². The van der Waals surface area contributed by atoms with E-state index < -0.39 is 23.3 Å². The van der Waals surface area contributed by atoms with Crippen LogP contribution < -0.4 is 0 Å². The average molecular weight is 353 g/mol. The summed E-state index contributed by atoms with van der Waals surface area (Å²) in [6.07, 6.45) is -3.68. The van der Waals surface area contributed by atoms with Crippen molar-refractivity contribution in [3.05, 3.63) is 47.3 Å². The largest absolute Gasteiger partial charge is 0.434 e. The molecule has 0 spiro atoms. The summed E-state index contributed by atoms with van der Waals surface area (Å²) in [4.78, 5) is 14.1. The van der Waals surface area contributed by atoms with Gasteiger partial charge in [0.05, 0.1) is 17.4 Å². The maximum atomic E-state index is 13.7. The third-order valence-corrected chi connectivity index (χ3v) is 3.80. The molecule has 0 atom stereocenters. The second-order valence-corrected chi connectivity index (χ2v) is 6.39. The summed E-state index contributed by atoms with van der Waals surface area (Å²) < 4.78 is 41.8. The number of amides is 1. The van der Waals surface area contributed by atoms with E-state index in [9.17, 15) is 18.0 Å². The summed E-state index contributed by atoms with van der Waals surface area (Å²) in [5.74, 6) is -0.493. The third kappa shape index (κ3) is 4.21. The Morgan fingerprint density at radius 3 is 2.32 bits per heavy atom. The topological polar surface area (TPSA) is 38.1 Å². The van der Waals surface area contributed by atoms with Crippen LogP contribution in [0.4, 0.5) is 13.2 Å². The van der Waals surface area contributed by atoms with Crippen molar-refractivity contribution < 1.29 is 18.0 Å². The molecule has 1 heterocycles. The van der Waals surface area contributed by atoms with E-state index in [4.69, 9.17) is 0 Å². The number of hydrogen-bond acceptors (Lipinski definition) is 2. The fourth-order valence-corrected chi connectivity index (χ4v) is 2.63. The number of alkyl halides is 3. The number of halogens is 3. The summed E-state index contributed by atoms with van der Waals surface area (Å²) in [7, 11) is 0. The highest BCUT2D eigenvalue weighted by Crippen LogP contribution is 2.34. The molecule has 2 aromatic rings. The SMILES string of the molecule is CCN(CC(C)C)C(=O)c1cnn(-c2ccc(C)cc2)c1C(F)(F)F. The normalized spacial score (nSPS) is 11.8. The molecule has 0 unspecified atom stereocenters. The third-order valence-electron chi connectivity index (χ3n) is 3.80. The van der Waals surface area contributed by atoms with Crippen LogP contribution >= 0.6 is 0 Å². The number of nitrogens with zero attached hydrogens (tertiary/aromatic N) is 3. The maximum Gasteiger partial charge on any atom is 0.434 e. The van der Waals surface area contributed by atoms with Gasteiger partial charge < -0.3 is 4.90 Å². The first-order valence-corrected chi connectivity index (χ1v) is 8.16. The second-order valence-electron chi connectivity index (χ2n) is 6.39. The van der Waals surface area contributed by atoms with Crippen molar-refractivity contribution in [2.24, 2.45) is 5.92 Å². The average Bonchev–Trinajstić information content (AvgIpc) is 2.97. The molecule has 7 heteroatoms. The van der Waals surface area contributed by atoms with Gasteiger partial charge in [0.1, 0.15) is 0 Å². The molecule has 0 aliphatic heterocycles. The van der Waals surface area contributed by atoms with Crippen LogP contribution in [0.5, 0.6) is 0 Å². The molecule has 0 radical (unpaired) electrons. The van der Waals surface area contributed by atoms with Gasteiger partial charge in [-0.15, -0.1) is 0 Å². The van der Waals surface area contributed by atoms with Gasteiger partial charge in [0.15, 0.2) is 5.69 Å². The van der Waals surface area contributed by atoms with E-state index in [1.54, 1.807) is 31.2 Å². The molecule has 0 aliphatic carbocycles. The van der Waals surface area contributed by atoms with Gasteiger partial charge in [0.25, 0.3) is 5.91 Å². The molecule has 1 aromatic heterocycles. The Bertz CT molecular complexity index is 733. The van der Waals surface area contributed by atoms with Crippen LogP contribution in [0, 0.1) is 12.8 Å². The molecule has 0 saturated heterocycles. The molecule has 2 rings (SSSR count). The Kier molecular flexibility index (Phi) is 5.55. The first kappa shape index (κ1) is 19.0. The van der Waals surface area contributed by atoms with Gasteiger partial charge in [-0.3, -0.25) is 4.79 Å². The Morgan fingerprint density at radius 2 is 1.84 bits per heavy atom. The number of aromatic nitrogens is 2. The fraction of sp³-hybridized carbons (Fsp3) is 0.444. The first-order chi connectivity index (χ1) is 11.6. The minimum Gasteiger partial charge on any atom is -0.339 e. The molecule has 0 aliphatic rings. The highest BCUT2D eigenvalue weighted by Gasteiger charge is 2.41. The van der Waals surface area contributed by atoms with Gasteiger partial charge in [0, 0.05) is 13.1 Å². The van der Waals surface area contributed by atoms with Gasteiger partial charge in [0.2, 0.25) is 0 Å². The summed E-state index contributed by atoms with van der Waals surface area (Å²) >= 11 is 0. The van der Waals surface area contributed by atoms with Crippen LogP contribution in [0.25, 0.3) is 5.69 Å². The molecular formula is C18H22F3N3O. The zero-order valence-corrected chi connectivity index (χ0v) is 14.8. The quantitative estimate of drug-likeness (QED) is 0.803. The smallest absolute Gasteiger partial charge is 0.339 e. The summed E-state index contributed by atoms with van der Waals surface area (Å²) in [6, 6.07) is 6.51. The maximum absolute atomic E-state index is 13.7. The molecule has 0 fully saturated rings. The van der Waals surface area contributed by atoms with Crippen molar-refractivity contribution in [3.63, 3.8) is 0 Å². The minimum absolute atomic E-state index is 0.158. The Morgan fingerprint density at radius 1 is 1.24 bits per heavy atom. The predicted molar refractivity (Wildman–Crippen MR) is 89.7 cm³/mol. The van der Waals surface area contributed by atoms with E-state index in [-0.39, 0.29) is 11.6 Å². The number of aryl methyl sites for hydroxylation is 1. The lowest BCUT2D eigenvalue weighted by atomic mass is 10.1. The van der Waals surface area contributed by atoms with Crippen molar-refractivity contribution in [1.82, 2.24) is 14.7 Å². The lowest BCUT2D eigenvalue weighted by Crippen LogP contribution is -2.35. The number of hydrogen-bond donors (Lipinski definition) is 0. The molecule has 1 amide bonds. The number of rotatable bonds is 5. The highest BCUT2D eigenvalue weighted by molar-refractivity contribution is 5.95. The first-order valence-electron chi connectivity index (χ1n) is 8.16. The lowest BCUT2D eigenvalue weighted by Gasteiger charge is -2.23. The Balaban J connectivity index is 2.53. The molecule has 25 heavy (non-hydrogen) atoms. The second kappa shape index (κ2) is 7.29.